The molecule has 0 aliphatic heterocycles. The van der Waals surface area contributed by atoms with Crippen LogP contribution in [0.15, 0.2) is 66.7 Å². The van der Waals surface area contributed by atoms with Gasteiger partial charge in [-0.3, -0.25) is 0 Å². The molecule has 3 aromatic carbocycles. The van der Waals surface area contributed by atoms with Crippen molar-refractivity contribution in [2.45, 2.75) is 33.7 Å². The van der Waals surface area contributed by atoms with Gasteiger partial charge in [0.25, 0.3) is 0 Å². The van der Waals surface area contributed by atoms with E-state index in [1.165, 1.54) is 18.2 Å². The van der Waals surface area contributed by atoms with Crippen molar-refractivity contribution >= 4 is 17.0 Å². The fourth-order valence-corrected chi connectivity index (χ4v) is 4.29. The number of nitrogen functional groups attached to an aromatic ring is 1. The number of aromatic nitrogens is 4. The van der Waals surface area contributed by atoms with Crippen molar-refractivity contribution < 1.29 is 8.78 Å². The Balaban J connectivity index is 1.75. The number of nitrogens with one attached hydrogen (secondary N) is 1. The Morgan fingerprint density at radius 3 is 2.23 bits per heavy atom. The maximum absolute atomic E-state index is 14.6. The third-order valence-electron chi connectivity index (χ3n) is 6.60. The first-order chi connectivity index (χ1) is 16.6. The van der Waals surface area contributed by atoms with Crippen LogP contribution in [0, 0.1) is 17.0 Å². The molecule has 0 bridgehead atoms. The van der Waals surface area contributed by atoms with E-state index in [1.54, 1.807) is 0 Å². The van der Waals surface area contributed by atoms with E-state index in [9.17, 15) is 8.78 Å². The molecule has 0 radical (unpaired) electrons. The lowest BCUT2D eigenvalue weighted by Gasteiger charge is -2.29. The van der Waals surface area contributed by atoms with Gasteiger partial charge in [-0.15, -0.1) is 0 Å². The summed E-state index contributed by atoms with van der Waals surface area (Å²) in [5, 5.41) is 0. The summed E-state index contributed by atoms with van der Waals surface area (Å²) in [4.78, 5) is 12.4. The highest BCUT2D eigenvalue weighted by atomic mass is 19.1. The van der Waals surface area contributed by atoms with Crippen molar-refractivity contribution in [2.24, 2.45) is 5.41 Å². The summed E-state index contributed by atoms with van der Waals surface area (Å²) in [6, 6.07) is 19.3. The molecule has 178 valence electrons. The molecular formula is C28H27F2N5. The van der Waals surface area contributed by atoms with E-state index in [4.69, 9.17) is 5.73 Å². The van der Waals surface area contributed by atoms with Crippen molar-refractivity contribution in [1.29, 1.82) is 0 Å². The summed E-state index contributed by atoms with van der Waals surface area (Å²) in [5.41, 5.74) is 10.6. The third kappa shape index (κ3) is 3.97. The molecule has 7 heteroatoms. The monoisotopic (exact) mass is 471 g/mol. The number of nitrogens with two attached hydrogens (primary N) is 1. The van der Waals surface area contributed by atoms with Crippen molar-refractivity contribution in [2.75, 3.05) is 5.73 Å². The zero-order valence-corrected chi connectivity index (χ0v) is 20.1. The van der Waals surface area contributed by atoms with Crippen LogP contribution in [0.5, 0.6) is 0 Å². The fraction of sp³-hybridized carbons (Fsp3) is 0.214. The second-order valence-corrected chi connectivity index (χ2v) is 9.86. The zero-order valence-electron chi connectivity index (χ0n) is 20.1. The van der Waals surface area contributed by atoms with Crippen LogP contribution >= 0.6 is 0 Å². The van der Waals surface area contributed by atoms with E-state index in [2.05, 4.69) is 42.6 Å². The first kappa shape index (κ1) is 22.8. The Bertz CT molecular complexity index is 1510. The molecule has 5 nitrogen and oxygen atoms in total. The second kappa shape index (κ2) is 8.34. The number of hydrogen-bond donors (Lipinski definition) is 2. The van der Waals surface area contributed by atoms with Gasteiger partial charge in [0.2, 0.25) is 5.95 Å². The van der Waals surface area contributed by atoms with Gasteiger partial charge in [0.05, 0.1) is 28.0 Å². The lowest BCUT2D eigenvalue weighted by molar-refractivity contribution is 0.270. The number of fused-ring (bicyclic) bond motifs is 1. The lowest BCUT2D eigenvalue weighted by atomic mass is 9.87. The quantitative estimate of drug-likeness (QED) is 0.290. The average Bonchev–Trinajstić information content (AvgIpc) is 3.38. The van der Waals surface area contributed by atoms with Crippen molar-refractivity contribution in [3.63, 3.8) is 0 Å². The van der Waals surface area contributed by atoms with E-state index < -0.39 is 11.6 Å². The Morgan fingerprint density at radius 2 is 1.57 bits per heavy atom. The normalized spacial score (nSPS) is 12.9. The van der Waals surface area contributed by atoms with Gasteiger partial charge >= 0.3 is 0 Å². The minimum atomic E-state index is -0.676. The van der Waals surface area contributed by atoms with Gasteiger partial charge in [-0.25, -0.2) is 18.7 Å². The topological polar surface area (TPSA) is 72.5 Å². The molecule has 0 saturated heterocycles. The number of anilines is 1. The van der Waals surface area contributed by atoms with Crippen LogP contribution in [0.4, 0.5) is 14.7 Å². The van der Waals surface area contributed by atoms with E-state index in [1.807, 2.05) is 53.1 Å². The maximum Gasteiger partial charge on any atom is 0.201 e. The highest BCUT2D eigenvalue weighted by Gasteiger charge is 2.26. The van der Waals surface area contributed by atoms with E-state index in [0.717, 1.165) is 22.2 Å². The SMILES string of the molecule is C[C@H](n1c(N)nc2ccc(-c3nc(-c4c(F)cccc4F)[nH]c3-c3ccccc3)cc21)C(C)(C)C. The number of rotatable bonds is 4. The van der Waals surface area contributed by atoms with Gasteiger partial charge < -0.3 is 15.3 Å². The van der Waals surface area contributed by atoms with Crippen LogP contribution < -0.4 is 5.73 Å². The fourth-order valence-electron chi connectivity index (χ4n) is 4.29. The van der Waals surface area contributed by atoms with Crippen molar-refractivity contribution in [3.8, 4) is 33.9 Å². The Labute approximate surface area is 202 Å². The smallest absolute Gasteiger partial charge is 0.201 e. The van der Waals surface area contributed by atoms with E-state index >= 15 is 0 Å². The molecule has 0 aliphatic carbocycles. The summed E-state index contributed by atoms with van der Waals surface area (Å²) < 4.78 is 31.3. The highest BCUT2D eigenvalue weighted by Crippen LogP contribution is 2.38. The molecule has 3 N–H and O–H groups in total. The predicted octanol–water partition coefficient (Wildman–Crippen LogP) is 7.23. The molecule has 0 spiro atoms. The summed E-state index contributed by atoms with van der Waals surface area (Å²) >= 11 is 0. The molecule has 5 rings (SSSR count). The molecule has 0 saturated carbocycles. The number of benzene rings is 3. The first-order valence-corrected chi connectivity index (χ1v) is 11.5. The molecule has 2 heterocycles. The summed E-state index contributed by atoms with van der Waals surface area (Å²) in [6.07, 6.45) is 0. The van der Waals surface area contributed by atoms with E-state index in [0.29, 0.717) is 17.3 Å². The number of aromatic amines is 1. The molecule has 2 aromatic heterocycles. The van der Waals surface area contributed by atoms with Gasteiger partial charge in [0.15, 0.2) is 0 Å². The maximum atomic E-state index is 14.6. The Hall–Kier alpha value is -4.00. The van der Waals surface area contributed by atoms with Crippen LogP contribution in [0.2, 0.25) is 0 Å². The van der Waals surface area contributed by atoms with Crippen LogP contribution in [-0.4, -0.2) is 19.5 Å². The van der Waals surface area contributed by atoms with Gasteiger partial charge in [-0.2, -0.15) is 0 Å². The van der Waals surface area contributed by atoms with Crippen molar-refractivity contribution in [3.05, 3.63) is 78.4 Å². The predicted molar refractivity (Wildman–Crippen MR) is 137 cm³/mol. The number of imidazole rings is 2. The minimum Gasteiger partial charge on any atom is -0.369 e. The van der Waals surface area contributed by atoms with Gasteiger partial charge in [-0.05, 0) is 36.6 Å². The largest absolute Gasteiger partial charge is 0.369 e. The molecule has 1 atom stereocenters. The molecule has 0 amide bonds. The molecule has 0 fully saturated rings. The zero-order chi connectivity index (χ0) is 24.9. The average molecular weight is 472 g/mol. The van der Waals surface area contributed by atoms with Gasteiger partial charge in [0.1, 0.15) is 17.5 Å². The van der Waals surface area contributed by atoms with Gasteiger partial charge in [0, 0.05) is 17.2 Å². The van der Waals surface area contributed by atoms with Crippen LogP contribution in [-0.2, 0) is 0 Å². The van der Waals surface area contributed by atoms with Gasteiger partial charge in [-0.1, -0.05) is 63.2 Å². The highest BCUT2D eigenvalue weighted by molar-refractivity contribution is 5.88. The molecule has 0 aliphatic rings. The van der Waals surface area contributed by atoms with Crippen molar-refractivity contribution in [1.82, 2.24) is 19.5 Å². The first-order valence-electron chi connectivity index (χ1n) is 11.5. The molecule has 35 heavy (non-hydrogen) atoms. The third-order valence-corrected chi connectivity index (χ3v) is 6.60. The Kier molecular flexibility index (Phi) is 5.43. The number of hydrogen-bond acceptors (Lipinski definition) is 3. The summed E-state index contributed by atoms with van der Waals surface area (Å²) in [6.45, 7) is 8.59. The second-order valence-electron chi connectivity index (χ2n) is 9.86. The number of nitrogens with zero attached hydrogens (tertiary/aromatic N) is 3. The van der Waals surface area contributed by atoms with E-state index in [-0.39, 0.29) is 22.8 Å². The number of H-pyrrole nitrogens is 1. The molecule has 5 aromatic rings. The standard InChI is InChI=1S/C28H27F2N5/c1-16(28(2,3)4)35-22-15-18(13-14-21(22)32-27(35)31)25-24(17-9-6-5-7-10-17)33-26(34-25)23-19(29)11-8-12-20(23)30/h5-16H,1-4H3,(H2,31,32)(H,33,34)/t16-/m0/s1. The van der Waals surface area contributed by atoms with Crippen LogP contribution in [0.3, 0.4) is 0 Å². The summed E-state index contributed by atoms with van der Waals surface area (Å²) in [5.74, 6) is -0.778. The Morgan fingerprint density at radius 1 is 0.886 bits per heavy atom. The molecule has 0 unspecified atom stereocenters. The minimum absolute atomic E-state index is 0.0468. The molecular weight excluding hydrogens is 444 g/mol. The number of halogens is 2. The summed E-state index contributed by atoms with van der Waals surface area (Å²) in [7, 11) is 0. The lowest BCUT2D eigenvalue weighted by Crippen LogP contribution is -2.22. The van der Waals surface area contributed by atoms with Crippen LogP contribution in [0.1, 0.15) is 33.7 Å². The van der Waals surface area contributed by atoms with Crippen LogP contribution in [0.25, 0.3) is 44.9 Å².